The second-order valence-corrected chi connectivity index (χ2v) is 4.62. The number of hydrogen-bond acceptors (Lipinski definition) is 4. The summed E-state index contributed by atoms with van der Waals surface area (Å²) in [6.07, 6.45) is 4.77. The Hall–Kier alpha value is -2.01. The monoisotopic (exact) mass is 275 g/mol. The first-order valence-electron chi connectivity index (χ1n) is 6.61. The highest BCUT2D eigenvalue weighted by Gasteiger charge is 2.06. The molecule has 0 fully saturated rings. The summed E-state index contributed by atoms with van der Waals surface area (Å²) in [5.41, 5.74) is 6.72. The summed E-state index contributed by atoms with van der Waals surface area (Å²) >= 11 is 0. The molecular weight excluding hydrogens is 257 g/mol. The SMILES string of the molecule is CCC(N)Cc1cc(F)cc(OCc2ncccn2)c1. The Labute approximate surface area is 117 Å². The Morgan fingerprint density at radius 3 is 2.70 bits per heavy atom. The number of aromatic nitrogens is 2. The summed E-state index contributed by atoms with van der Waals surface area (Å²) in [6.45, 7) is 2.22. The van der Waals surface area contributed by atoms with Crippen molar-refractivity contribution in [3.05, 3.63) is 53.9 Å². The lowest BCUT2D eigenvalue weighted by molar-refractivity contribution is 0.294. The summed E-state index contributed by atoms with van der Waals surface area (Å²) in [7, 11) is 0. The molecule has 0 aliphatic heterocycles. The highest BCUT2D eigenvalue weighted by atomic mass is 19.1. The molecule has 5 heteroatoms. The van der Waals surface area contributed by atoms with Crippen molar-refractivity contribution in [1.82, 2.24) is 9.97 Å². The number of hydrogen-bond donors (Lipinski definition) is 1. The number of rotatable bonds is 6. The third-order valence-corrected chi connectivity index (χ3v) is 2.94. The molecule has 2 rings (SSSR count). The zero-order chi connectivity index (χ0) is 14.4. The van der Waals surface area contributed by atoms with Crippen LogP contribution in [-0.2, 0) is 13.0 Å². The minimum Gasteiger partial charge on any atom is -0.485 e. The van der Waals surface area contributed by atoms with Crippen LogP contribution in [0.15, 0.2) is 36.7 Å². The smallest absolute Gasteiger partial charge is 0.166 e. The molecule has 0 spiro atoms. The molecule has 2 N–H and O–H groups in total. The van der Waals surface area contributed by atoms with Crippen molar-refractivity contribution in [1.29, 1.82) is 0 Å². The molecule has 1 unspecified atom stereocenters. The quantitative estimate of drug-likeness (QED) is 0.879. The minimum atomic E-state index is -0.324. The van der Waals surface area contributed by atoms with Gasteiger partial charge in [-0.15, -0.1) is 0 Å². The topological polar surface area (TPSA) is 61.0 Å². The van der Waals surface area contributed by atoms with Gasteiger partial charge in [0, 0.05) is 24.5 Å². The first-order chi connectivity index (χ1) is 9.67. The summed E-state index contributed by atoms with van der Waals surface area (Å²) in [4.78, 5) is 8.10. The number of halogens is 1. The number of nitrogens with zero attached hydrogens (tertiary/aromatic N) is 2. The second-order valence-electron chi connectivity index (χ2n) is 4.62. The van der Waals surface area contributed by atoms with E-state index in [0.717, 1.165) is 12.0 Å². The van der Waals surface area contributed by atoms with Crippen molar-refractivity contribution in [2.75, 3.05) is 0 Å². The van der Waals surface area contributed by atoms with Crippen LogP contribution in [0.3, 0.4) is 0 Å². The van der Waals surface area contributed by atoms with Crippen LogP contribution < -0.4 is 10.5 Å². The van der Waals surface area contributed by atoms with Crippen molar-refractivity contribution in [2.45, 2.75) is 32.4 Å². The van der Waals surface area contributed by atoms with Crippen molar-refractivity contribution in [3.8, 4) is 5.75 Å². The van der Waals surface area contributed by atoms with Crippen molar-refractivity contribution in [3.63, 3.8) is 0 Å². The molecule has 0 saturated heterocycles. The molecule has 0 saturated carbocycles. The van der Waals surface area contributed by atoms with Gasteiger partial charge in [-0.2, -0.15) is 0 Å². The first kappa shape index (κ1) is 14.4. The normalized spacial score (nSPS) is 12.2. The van der Waals surface area contributed by atoms with Gasteiger partial charge in [-0.3, -0.25) is 0 Å². The van der Waals surface area contributed by atoms with Gasteiger partial charge < -0.3 is 10.5 Å². The largest absolute Gasteiger partial charge is 0.485 e. The van der Waals surface area contributed by atoms with E-state index in [0.29, 0.717) is 18.0 Å². The molecule has 1 heterocycles. The molecule has 0 radical (unpaired) electrons. The molecule has 2 aromatic rings. The fourth-order valence-electron chi connectivity index (χ4n) is 1.82. The van der Waals surface area contributed by atoms with Gasteiger partial charge >= 0.3 is 0 Å². The summed E-state index contributed by atoms with van der Waals surface area (Å²) in [6, 6.07) is 6.41. The van der Waals surface area contributed by atoms with E-state index in [4.69, 9.17) is 10.5 Å². The lowest BCUT2D eigenvalue weighted by atomic mass is 10.0. The summed E-state index contributed by atoms with van der Waals surface area (Å²) in [5.74, 6) is 0.703. The van der Waals surface area contributed by atoms with Gasteiger partial charge in [0.05, 0.1) is 0 Å². The van der Waals surface area contributed by atoms with Crippen molar-refractivity contribution < 1.29 is 9.13 Å². The van der Waals surface area contributed by atoms with Gasteiger partial charge in [-0.1, -0.05) is 6.92 Å². The zero-order valence-corrected chi connectivity index (χ0v) is 11.4. The number of nitrogens with two attached hydrogens (primary N) is 1. The Balaban J connectivity index is 2.04. The number of ether oxygens (including phenoxy) is 1. The van der Waals surface area contributed by atoms with E-state index in [1.165, 1.54) is 12.1 Å². The molecule has 1 aromatic heterocycles. The predicted octanol–water partition coefficient (Wildman–Crippen LogP) is 2.47. The van der Waals surface area contributed by atoms with Crippen LogP contribution in [0, 0.1) is 5.82 Å². The molecule has 0 bridgehead atoms. The van der Waals surface area contributed by atoms with Gasteiger partial charge in [0.1, 0.15) is 18.2 Å². The average molecular weight is 275 g/mol. The average Bonchev–Trinajstić information content (AvgIpc) is 2.45. The predicted molar refractivity (Wildman–Crippen MR) is 74.7 cm³/mol. The van der Waals surface area contributed by atoms with Crippen LogP contribution in [0.4, 0.5) is 4.39 Å². The van der Waals surface area contributed by atoms with Gasteiger partial charge in [-0.05, 0) is 36.6 Å². The van der Waals surface area contributed by atoms with Crippen LogP contribution >= 0.6 is 0 Å². The highest BCUT2D eigenvalue weighted by molar-refractivity contribution is 5.30. The van der Waals surface area contributed by atoms with Crippen molar-refractivity contribution in [2.24, 2.45) is 5.73 Å². The van der Waals surface area contributed by atoms with E-state index in [2.05, 4.69) is 9.97 Å². The lowest BCUT2D eigenvalue weighted by Crippen LogP contribution is -2.21. The van der Waals surface area contributed by atoms with E-state index in [1.807, 2.05) is 13.0 Å². The maximum atomic E-state index is 13.6. The van der Waals surface area contributed by atoms with Gasteiger partial charge in [0.25, 0.3) is 0 Å². The molecular formula is C15H18FN3O. The summed E-state index contributed by atoms with van der Waals surface area (Å²) < 4.78 is 19.1. The number of benzene rings is 1. The first-order valence-corrected chi connectivity index (χ1v) is 6.61. The fraction of sp³-hybridized carbons (Fsp3) is 0.333. The van der Waals surface area contributed by atoms with Gasteiger partial charge in [0.15, 0.2) is 5.82 Å². The second kappa shape index (κ2) is 6.96. The Bertz CT molecular complexity index is 548. The third kappa shape index (κ3) is 4.28. The molecule has 106 valence electrons. The van der Waals surface area contributed by atoms with Crippen LogP contribution in [0.25, 0.3) is 0 Å². The lowest BCUT2D eigenvalue weighted by Gasteiger charge is -2.11. The van der Waals surface area contributed by atoms with E-state index in [1.54, 1.807) is 18.5 Å². The van der Waals surface area contributed by atoms with E-state index in [9.17, 15) is 4.39 Å². The van der Waals surface area contributed by atoms with Crippen LogP contribution in [-0.4, -0.2) is 16.0 Å². The van der Waals surface area contributed by atoms with Crippen LogP contribution in [0.1, 0.15) is 24.7 Å². The van der Waals surface area contributed by atoms with Crippen LogP contribution in [0.5, 0.6) is 5.75 Å². The molecule has 4 nitrogen and oxygen atoms in total. The molecule has 0 aliphatic rings. The Kier molecular flexibility index (Phi) is 5.01. The molecule has 1 aromatic carbocycles. The molecule has 20 heavy (non-hydrogen) atoms. The van der Waals surface area contributed by atoms with Gasteiger partial charge in [-0.25, -0.2) is 14.4 Å². The fourth-order valence-corrected chi connectivity index (χ4v) is 1.82. The highest BCUT2D eigenvalue weighted by Crippen LogP contribution is 2.18. The third-order valence-electron chi connectivity index (χ3n) is 2.94. The van der Waals surface area contributed by atoms with Gasteiger partial charge in [0.2, 0.25) is 0 Å². The Morgan fingerprint density at radius 1 is 1.25 bits per heavy atom. The van der Waals surface area contributed by atoms with Crippen molar-refractivity contribution >= 4 is 0 Å². The van der Waals surface area contributed by atoms with Crippen LogP contribution in [0.2, 0.25) is 0 Å². The molecule has 0 amide bonds. The summed E-state index contributed by atoms with van der Waals surface area (Å²) in [5, 5.41) is 0. The van der Waals surface area contributed by atoms with E-state index < -0.39 is 0 Å². The standard InChI is InChI=1S/C15H18FN3O/c1-2-13(17)7-11-6-12(16)9-14(8-11)20-10-15-18-4-3-5-19-15/h3-6,8-9,13H,2,7,10,17H2,1H3. The minimum absolute atomic E-state index is 0.0297. The zero-order valence-electron chi connectivity index (χ0n) is 11.4. The molecule has 0 aliphatic carbocycles. The Morgan fingerprint density at radius 2 is 2.00 bits per heavy atom. The maximum Gasteiger partial charge on any atom is 0.166 e. The molecule has 1 atom stereocenters. The van der Waals surface area contributed by atoms with E-state index in [-0.39, 0.29) is 18.5 Å². The maximum absolute atomic E-state index is 13.6. The van der Waals surface area contributed by atoms with E-state index >= 15 is 0 Å².